The topological polar surface area (TPSA) is 57.4 Å². The molecule has 0 aliphatic carbocycles. The zero-order valence-corrected chi connectivity index (χ0v) is 11.0. The van der Waals surface area contributed by atoms with Gasteiger partial charge in [0.25, 0.3) is 0 Å². The van der Waals surface area contributed by atoms with Gasteiger partial charge < -0.3 is 9.97 Å². The first-order valence-corrected chi connectivity index (χ1v) is 6.22. The molecular weight excluding hydrogens is 212 g/mol. The van der Waals surface area contributed by atoms with E-state index in [0.717, 1.165) is 42.3 Å². The highest BCUT2D eigenvalue weighted by Crippen LogP contribution is 2.15. The van der Waals surface area contributed by atoms with Crippen LogP contribution in [0.3, 0.4) is 0 Å². The fraction of sp³-hybridized carbons (Fsp3) is 0.538. The summed E-state index contributed by atoms with van der Waals surface area (Å²) in [5, 5.41) is 0. The Morgan fingerprint density at radius 3 is 1.59 bits per heavy atom. The molecule has 4 heteroatoms. The second-order valence-corrected chi connectivity index (χ2v) is 4.38. The van der Waals surface area contributed by atoms with Gasteiger partial charge in [0.1, 0.15) is 11.6 Å². The Morgan fingerprint density at radius 2 is 1.24 bits per heavy atom. The van der Waals surface area contributed by atoms with Gasteiger partial charge in [0.05, 0.1) is 11.4 Å². The van der Waals surface area contributed by atoms with Crippen LogP contribution in [0.4, 0.5) is 0 Å². The Labute approximate surface area is 102 Å². The van der Waals surface area contributed by atoms with Gasteiger partial charge in [-0.05, 0) is 26.7 Å². The van der Waals surface area contributed by atoms with E-state index in [-0.39, 0.29) is 0 Å². The highest BCUT2D eigenvalue weighted by molar-refractivity contribution is 5.25. The summed E-state index contributed by atoms with van der Waals surface area (Å²) in [5.41, 5.74) is 4.75. The van der Waals surface area contributed by atoms with Crippen LogP contribution in [-0.2, 0) is 19.3 Å². The van der Waals surface area contributed by atoms with Gasteiger partial charge in [0.2, 0.25) is 0 Å². The lowest BCUT2D eigenvalue weighted by molar-refractivity contribution is 0.948. The molecule has 0 aliphatic rings. The van der Waals surface area contributed by atoms with Crippen molar-refractivity contribution in [2.24, 2.45) is 0 Å². The fourth-order valence-electron chi connectivity index (χ4n) is 2.23. The molecular formula is C13H20N4. The highest BCUT2D eigenvalue weighted by Gasteiger charge is 2.12. The van der Waals surface area contributed by atoms with Crippen LogP contribution in [0.5, 0.6) is 0 Å². The number of aromatic nitrogens is 4. The maximum atomic E-state index is 4.50. The Hall–Kier alpha value is -1.58. The molecule has 0 aromatic carbocycles. The van der Waals surface area contributed by atoms with Gasteiger partial charge in [-0.2, -0.15) is 0 Å². The van der Waals surface area contributed by atoms with Crippen molar-refractivity contribution in [2.75, 3.05) is 0 Å². The van der Waals surface area contributed by atoms with E-state index in [1.165, 1.54) is 11.4 Å². The SMILES string of the molecule is CCc1nc(C)[nH]c1Cc1[nH]c(C)nc1CC. The quantitative estimate of drug-likeness (QED) is 0.850. The van der Waals surface area contributed by atoms with E-state index in [0.29, 0.717) is 0 Å². The number of rotatable bonds is 4. The van der Waals surface area contributed by atoms with Crippen LogP contribution in [-0.4, -0.2) is 19.9 Å². The summed E-state index contributed by atoms with van der Waals surface area (Å²) in [4.78, 5) is 15.7. The second kappa shape index (κ2) is 4.73. The monoisotopic (exact) mass is 232 g/mol. The molecule has 0 spiro atoms. The van der Waals surface area contributed by atoms with E-state index < -0.39 is 0 Å². The summed E-state index contributed by atoms with van der Waals surface area (Å²) < 4.78 is 0. The maximum Gasteiger partial charge on any atom is 0.103 e. The van der Waals surface area contributed by atoms with Crippen LogP contribution < -0.4 is 0 Å². The molecule has 0 unspecified atom stereocenters. The molecule has 0 bridgehead atoms. The molecule has 0 saturated heterocycles. The van der Waals surface area contributed by atoms with Crippen molar-refractivity contribution in [3.05, 3.63) is 34.4 Å². The first-order valence-electron chi connectivity index (χ1n) is 6.22. The molecule has 17 heavy (non-hydrogen) atoms. The summed E-state index contributed by atoms with van der Waals surface area (Å²) in [6, 6.07) is 0. The van der Waals surface area contributed by atoms with Crippen molar-refractivity contribution >= 4 is 0 Å². The van der Waals surface area contributed by atoms with Crippen LogP contribution in [0, 0.1) is 13.8 Å². The zero-order valence-electron chi connectivity index (χ0n) is 11.0. The molecule has 2 rings (SSSR count). The lowest BCUT2D eigenvalue weighted by atomic mass is 10.1. The Morgan fingerprint density at radius 1 is 0.824 bits per heavy atom. The third kappa shape index (κ3) is 2.40. The number of aromatic amines is 2. The van der Waals surface area contributed by atoms with Gasteiger partial charge in [-0.15, -0.1) is 0 Å². The van der Waals surface area contributed by atoms with Crippen LogP contribution in [0.2, 0.25) is 0 Å². The summed E-state index contributed by atoms with van der Waals surface area (Å²) in [6.07, 6.45) is 2.80. The maximum absolute atomic E-state index is 4.50. The van der Waals surface area contributed by atoms with Gasteiger partial charge in [0.15, 0.2) is 0 Å². The minimum Gasteiger partial charge on any atom is -0.346 e. The minimum atomic E-state index is 0.869. The third-order valence-electron chi connectivity index (χ3n) is 2.99. The van der Waals surface area contributed by atoms with Crippen molar-refractivity contribution in [2.45, 2.75) is 47.0 Å². The molecule has 2 N–H and O–H groups in total. The van der Waals surface area contributed by atoms with Crippen molar-refractivity contribution in [1.29, 1.82) is 0 Å². The summed E-state index contributed by atoms with van der Waals surface area (Å²) in [6.45, 7) is 8.28. The number of nitrogens with zero attached hydrogens (tertiary/aromatic N) is 2. The Bertz CT molecular complexity index is 461. The number of H-pyrrole nitrogens is 2. The molecule has 92 valence electrons. The number of nitrogens with one attached hydrogen (secondary N) is 2. The molecule has 0 radical (unpaired) electrons. The molecule has 2 aromatic heterocycles. The second-order valence-electron chi connectivity index (χ2n) is 4.38. The van der Waals surface area contributed by atoms with Crippen molar-refractivity contribution in [3.63, 3.8) is 0 Å². The molecule has 2 aromatic rings. The van der Waals surface area contributed by atoms with Gasteiger partial charge in [0, 0.05) is 17.8 Å². The van der Waals surface area contributed by atoms with Gasteiger partial charge in [-0.25, -0.2) is 9.97 Å². The molecule has 0 atom stereocenters. The summed E-state index contributed by atoms with van der Waals surface area (Å²) >= 11 is 0. The molecule has 0 aliphatic heterocycles. The lowest BCUT2D eigenvalue weighted by Gasteiger charge is -2.01. The number of aryl methyl sites for hydroxylation is 4. The minimum absolute atomic E-state index is 0.869. The summed E-state index contributed by atoms with van der Waals surface area (Å²) in [7, 11) is 0. The van der Waals surface area contributed by atoms with Crippen molar-refractivity contribution in [3.8, 4) is 0 Å². The first-order chi connectivity index (χ1) is 8.13. The predicted molar refractivity (Wildman–Crippen MR) is 68.2 cm³/mol. The highest BCUT2D eigenvalue weighted by atomic mass is 15.0. The van der Waals surface area contributed by atoms with E-state index in [9.17, 15) is 0 Å². The molecule has 4 nitrogen and oxygen atoms in total. The zero-order chi connectivity index (χ0) is 12.4. The Kier molecular flexibility index (Phi) is 3.31. The third-order valence-corrected chi connectivity index (χ3v) is 2.99. The van der Waals surface area contributed by atoms with Gasteiger partial charge >= 0.3 is 0 Å². The molecule has 0 saturated carbocycles. The fourth-order valence-corrected chi connectivity index (χ4v) is 2.23. The van der Waals surface area contributed by atoms with E-state index in [2.05, 4.69) is 33.8 Å². The van der Waals surface area contributed by atoms with Crippen molar-refractivity contribution < 1.29 is 0 Å². The lowest BCUT2D eigenvalue weighted by Crippen LogP contribution is -1.97. The predicted octanol–water partition coefficient (Wildman–Crippen LogP) is 2.47. The van der Waals surface area contributed by atoms with E-state index in [1.807, 2.05) is 13.8 Å². The average molecular weight is 232 g/mol. The normalized spacial score (nSPS) is 11.1. The first kappa shape index (κ1) is 11.9. The molecule has 0 amide bonds. The van der Waals surface area contributed by atoms with Crippen LogP contribution >= 0.6 is 0 Å². The number of hydrogen-bond acceptors (Lipinski definition) is 2. The molecule has 2 heterocycles. The smallest absolute Gasteiger partial charge is 0.103 e. The van der Waals surface area contributed by atoms with Crippen LogP contribution in [0.15, 0.2) is 0 Å². The van der Waals surface area contributed by atoms with E-state index in [1.54, 1.807) is 0 Å². The largest absolute Gasteiger partial charge is 0.346 e. The van der Waals surface area contributed by atoms with Crippen LogP contribution in [0.25, 0.3) is 0 Å². The van der Waals surface area contributed by atoms with E-state index in [4.69, 9.17) is 0 Å². The molecule has 0 fully saturated rings. The van der Waals surface area contributed by atoms with Gasteiger partial charge in [-0.3, -0.25) is 0 Å². The average Bonchev–Trinajstić information content (AvgIpc) is 2.82. The summed E-state index contributed by atoms with van der Waals surface area (Å²) in [5.74, 6) is 1.98. The Balaban J connectivity index is 2.30. The standard InChI is InChI=1S/C13H20N4/c1-5-10-12(16-8(3)14-10)7-13-11(6-2)15-9(4)17-13/h5-7H2,1-4H3,(H,14,16)(H,15,17). The number of imidazole rings is 2. The van der Waals surface area contributed by atoms with Crippen molar-refractivity contribution in [1.82, 2.24) is 19.9 Å². The van der Waals surface area contributed by atoms with E-state index >= 15 is 0 Å². The number of hydrogen-bond donors (Lipinski definition) is 2. The van der Waals surface area contributed by atoms with Gasteiger partial charge in [-0.1, -0.05) is 13.8 Å². The van der Waals surface area contributed by atoms with Crippen LogP contribution in [0.1, 0.15) is 48.3 Å².